The lowest BCUT2D eigenvalue weighted by molar-refractivity contribution is 0.0722. The normalized spacial score (nSPS) is 14.4. The predicted octanol–water partition coefficient (Wildman–Crippen LogP) is -0.164. The van der Waals surface area contributed by atoms with Crippen LogP contribution in [0.5, 0.6) is 0 Å². The van der Waals surface area contributed by atoms with E-state index >= 15 is 0 Å². The molecular weight excluding hydrogens is 228 g/mol. The summed E-state index contributed by atoms with van der Waals surface area (Å²) in [5.74, 6) is 0.183. The predicted molar refractivity (Wildman–Crippen MR) is 64.3 cm³/mol. The lowest BCUT2D eigenvalue weighted by atomic mass is 10.1. The molecule has 1 aromatic rings. The first-order chi connectivity index (χ1) is 7.46. The van der Waals surface area contributed by atoms with Gasteiger partial charge in [0.15, 0.2) is 0 Å². The number of amides is 1. The summed E-state index contributed by atoms with van der Waals surface area (Å²) in [7, 11) is 0. The number of nitrogens with two attached hydrogens (primary N) is 1. The zero-order valence-electron chi connectivity index (χ0n) is 9.28. The molecule has 0 aliphatic heterocycles. The maximum atomic E-state index is 11.6. The minimum Gasteiger partial charge on any atom is -0.396 e. The van der Waals surface area contributed by atoms with Gasteiger partial charge in [-0.15, -0.1) is 0 Å². The van der Waals surface area contributed by atoms with Crippen molar-refractivity contribution < 1.29 is 9.90 Å². The third-order valence-corrected chi connectivity index (χ3v) is 2.89. The second-order valence-corrected chi connectivity index (χ2v) is 4.68. The minimum atomic E-state index is -0.927. The Balaban J connectivity index is 2.51. The topological polar surface area (TPSA) is 104 Å². The van der Waals surface area contributed by atoms with E-state index in [1.54, 1.807) is 6.92 Å². The number of aliphatic hydroxyl groups is 1. The van der Waals surface area contributed by atoms with Gasteiger partial charge in [-0.3, -0.25) is 9.89 Å². The fraction of sp³-hybridized carbons (Fsp3) is 0.556. The van der Waals surface area contributed by atoms with Crippen LogP contribution >= 0.6 is 11.8 Å². The lowest BCUT2D eigenvalue weighted by Crippen LogP contribution is -2.42. The SMILES string of the molecule is CSCC(C)(O)CNC(=O)c1[nH]ncc1N. The minimum absolute atomic E-state index is 0.172. The van der Waals surface area contributed by atoms with Gasteiger partial charge in [0.25, 0.3) is 5.91 Å². The number of carbonyl (C=O) groups excluding carboxylic acids is 1. The number of carbonyl (C=O) groups is 1. The Hall–Kier alpha value is -1.21. The number of nitrogen functional groups attached to an aromatic ring is 1. The number of thioether (sulfide) groups is 1. The largest absolute Gasteiger partial charge is 0.396 e. The number of nitrogens with zero attached hydrogens (tertiary/aromatic N) is 1. The number of rotatable bonds is 5. The summed E-state index contributed by atoms with van der Waals surface area (Å²) < 4.78 is 0. The second kappa shape index (κ2) is 5.22. The van der Waals surface area contributed by atoms with Crippen LogP contribution in [0.15, 0.2) is 6.20 Å². The number of nitrogens with one attached hydrogen (secondary N) is 2. The summed E-state index contributed by atoms with van der Waals surface area (Å²) in [6.07, 6.45) is 3.26. The summed E-state index contributed by atoms with van der Waals surface area (Å²) in [4.78, 5) is 11.6. The van der Waals surface area contributed by atoms with Crippen LogP contribution in [0.4, 0.5) is 5.69 Å². The zero-order valence-corrected chi connectivity index (χ0v) is 10.1. The highest BCUT2D eigenvalue weighted by molar-refractivity contribution is 7.98. The van der Waals surface area contributed by atoms with Crippen LogP contribution in [0.3, 0.4) is 0 Å². The molecule has 5 N–H and O–H groups in total. The van der Waals surface area contributed by atoms with Crippen LogP contribution in [0.2, 0.25) is 0 Å². The molecule has 0 fully saturated rings. The number of aromatic amines is 1. The van der Waals surface area contributed by atoms with Crippen molar-refractivity contribution in [3.05, 3.63) is 11.9 Å². The van der Waals surface area contributed by atoms with E-state index in [0.29, 0.717) is 11.4 Å². The monoisotopic (exact) mass is 244 g/mol. The number of aromatic nitrogens is 2. The van der Waals surface area contributed by atoms with Crippen molar-refractivity contribution in [2.24, 2.45) is 0 Å². The molecule has 1 rings (SSSR count). The van der Waals surface area contributed by atoms with Crippen LogP contribution in [0.25, 0.3) is 0 Å². The first-order valence-electron chi connectivity index (χ1n) is 4.74. The molecule has 90 valence electrons. The van der Waals surface area contributed by atoms with Gasteiger partial charge in [0.05, 0.1) is 17.5 Å². The number of anilines is 1. The van der Waals surface area contributed by atoms with Gasteiger partial charge in [0.2, 0.25) is 0 Å². The highest BCUT2D eigenvalue weighted by Crippen LogP contribution is 2.10. The number of H-pyrrole nitrogens is 1. The van der Waals surface area contributed by atoms with Gasteiger partial charge < -0.3 is 16.2 Å². The highest BCUT2D eigenvalue weighted by atomic mass is 32.2. The van der Waals surface area contributed by atoms with Crippen molar-refractivity contribution in [2.75, 3.05) is 24.3 Å². The summed E-state index contributed by atoms with van der Waals surface area (Å²) in [5, 5.41) is 18.6. The van der Waals surface area contributed by atoms with Crippen molar-refractivity contribution in [3.8, 4) is 0 Å². The van der Waals surface area contributed by atoms with Crippen LogP contribution in [-0.2, 0) is 0 Å². The van der Waals surface area contributed by atoms with Crippen molar-refractivity contribution in [1.29, 1.82) is 0 Å². The fourth-order valence-corrected chi connectivity index (χ4v) is 1.92. The van der Waals surface area contributed by atoms with E-state index in [4.69, 9.17) is 5.73 Å². The van der Waals surface area contributed by atoms with Gasteiger partial charge in [0.1, 0.15) is 5.69 Å². The van der Waals surface area contributed by atoms with Crippen molar-refractivity contribution >= 4 is 23.4 Å². The Morgan fingerprint density at radius 2 is 2.50 bits per heavy atom. The Morgan fingerprint density at radius 1 is 1.81 bits per heavy atom. The third kappa shape index (κ3) is 3.42. The van der Waals surface area contributed by atoms with Crippen LogP contribution in [0, 0.1) is 0 Å². The maximum Gasteiger partial charge on any atom is 0.271 e. The Bertz CT molecular complexity index is 364. The van der Waals surface area contributed by atoms with Crippen LogP contribution < -0.4 is 11.1 Å². The Labute approximate surface area is 98.0 Å². The second-order valence-electron chi connectivity index (χ2n) is 3.81. The Kier molecular flexibility index (Phi) is 4.19. The van der Waals surface area contributed by atoms with E-state index < -0.39 is 5.60 Å². The Morgan fingerprint density at radius 3 is 3.00 bits per heavy atom. The maximum absolute atomic E-state index is 11.6. The molecule has 1 aromatic heterocycles. The molecule has 0 bridgehead atoms. The van der Waals surface area contributed by atoms with Gasteiger partial charge in [-0.1, -0.05) is 0 Å². The number of hydrogen-bond donors (Lipinski definition) is 4. The smallest absolute Gasteiger partial charge is 0.271 e. The molecule has 1 amide bonds. The molecule has 0 saturated heterocycles. The molecule has 0 aromatic carbocycles. The quantitative estimate of drug-likeness (QED) is 0.576. The van der Waals surface area contributed by atoms with Gasteiger partial charge in [-0.05, 0) is 13.2 Å². The molecular formula is C9H16N4O2S. The van der Waals surface area contributed by atoms with Crippen molar-refractivity contribution in [2.45, 2.75) is 12.5 Å². The first-order valence-corrected chi connectivity index (χ1v) is 6.14. The van der Waals surface area contributed by atoms with Crippen LogP contribution in [0.1, 0.15) is 17.4 Å². The molecule has 16 heavy (non-hydrogen) atoms. The molecule has 6 nitrogen and oxygen atoms in total. The van der Waals surface area contributed by atoms with Gasteiger partial charge in [0, 0.05) is 12.3 Å². The van der Waals surface area contributed by atoms with E-state index in [9.17, 15) is 9.90 Å². The molecule has 0 aliphatic rings. The molecule has 1 unspecified atom stereocenters. The molecule has 0 aliphatic carbocycles. The van der Waals surface area contributed by atoms with Gasteiger partial charge in [-0.25, -0.2) is 0 Å². The van der Waals surface area contributed by atoms with Crippen LogP contribution in [-0.4, -0.2) is 45.4 Å². The highest BCUT2D eigenvalue weighted by Gasteiger charge is 2.21. The zero-order chi connectivity index (χ0) is 12.2. The average Bonchev–Trinajstić information content (AvgIpc) is 2.61. The lowest BCUT2D eigenvalue weighted by Gasteiger charge is -2.22. The average molecular weight is 244 g/mol. The van der Waals surface area contributed by atoms with Gasteiger partial charge in [-0.2, -0.15) is 16.9 Å². The van der Waals surface area contributed by atoms with Crippen molar-refractivity contribution in [1.82, 2.24) is 15.5 Å². The first kappa shape index (κ1) is 12.9. The van der Waals surface area contributed by atoms with E-state index in [1.165, 1.54) is 18.0 Å². The summed E-state index contributed by atoms with van der Waals surface area (Å²) >= 11 is 1.51. The van der Waals surface area contributed by atoms with E-state index in [2.05, 4.69) is 15.5 Å². The molecule has 1 atom stereocenters. The summed E-state index contributed by atoms with van der Waals surface area (Å²) in [5.41, 5.74) is 5.11. The molecule has 0 spiro atoms. The van der Waals surface area contributed by atoms with E-state index in [-0.39, 0.29) is 18.1 Å². The van der Waals surface area contributed by atoms with E-state index in [1.807, 2.05) is 6.26 Å². The molecule has 7 heteroatoms. The summed E-state index contributed by atoms with van der Waals surface area (Å²) in [6, 6.07) is 0. The molecule has 0 saturated carbocycles. The standard InChI is InChI=1S/C9H16N4O2S/c1-9(15,5-16-2)4-11-8(14)7-6(10)3-12-13-7/h3,15H,4-5,10H2,1-2H3,(H,11,14)(H,12,13). The number of hydrogen-bond acceptors (Lipinski definition) is 5. The molecule has 0 radical (unpaired) electrons. The molecule has 1 heterocycles. The summed E-state index contributed by atoms with van der Waals surface area (Å²) in [6.45, 7) is 1.84. The van der Waals surface area contributed by atoms with Crippen molar-refractivity contribution in [3.63, 3.8) is 0 Å². The fourth-order valence-electron chi connectivity index (χ4n) is 1.20. The third-order valence-electron chi connectivity index (χ3n) is 1.98. The van der Waals surface area contributed by atoms with E-state index in [0.717, 1.165) is 0 Å². The van der Waals surface area contributed by atoms with Gasteiger partial charge >= 0.3 is 0 Å².